The molecule has 0 radical (unpaired) electrons. The first-order valence-electron chi connectivity index (χ1n) is 6.64. The first-order valence-corrected chi connectivity index (χ1v) is 6.64. The zero-order valence-corrected chi connectivity index (χ0v) is 11.3. The summed E-state index contributed by atoms with van der Waals surface area (Å²) in [6.45, 7) is 2.94. The van der Waals surface area contributed by atoms with Crippen LogP contribution in [0.5, 0.6) is 0 Å². The molecule has 0 saturated carbocycles. The zero-order chi connectivity index (χ0) is 13.8. The van der Waals surface area contributed by atoms with Gasteiger partial charge in [0.15, 0.2) is 0 Å². The number of aromatic nitrogens is 4. The number of H-pyrrole nitrogens is 2. The molecule has 1 aromatic carbocycles. The van der Waals surface area contributed by atoms with Crippen molar-refractivity contribution in [2.75, 3.05) is 0 Å². The lowest BCUT2D eigenvalue weighted by atomic mass is 10.1. The maximum atomic E-state index is 3.96. The second kappa shape index (κ2) is 5.71. The molecule has 0 aliphatic rings. The van der Waals surface area contributed by atoms with Crippen LogP contribution in [0.15, 0.2) is 48.8 Å². The van der Waals surface area contributed by atoms with Crippen molar-refractivity contribution in [3.63, 3.8) is 0 Å². The van der Waals surface area contributed by atoms with Crippen molar-refractivity contribution in [3.05, 3.63) is 60.0 Å². The third kappa shape index (κ3) is 2.78. The highest BCUT2D eigenvalue weighted by atomic mass is 15.1. The highest BCUT2D eigenvalue weighted by Crippen LogP contribution is 2.17. The number of nitrogens with one attached hydrogen (secondary N) is 3. The summed E-state index contributed by atoms with van der Waals surface area (Å²) in [6, 6.07) is 12.7. The molecule has 5 nitrogen and oxygen atoms in total. The van der Waals surface area contributed by atoms with E-state index in [-0.39, 0.29) is 6.04 Å². The van der Waals surface area contributed by atoms with Crippen LogP contribution in [0.1, 0.15) is 24.2 Å². The number of aromatic amines is 2. The summed E-state index contributed by atoms with van der Waals surface area (Å²) >= 11 is 0. The van der Waals surface area contributed by atoms with Gasteiger partial charge in [0, 0.05) is 25.0 Å². The van der Waals surface area contributed by atoms with E-state index in [2.05, 4.69) is 56.9 Å². The van der Waals surface area contributed by atoms with E-state index in [1.165, 1.54) is 5.56 Å². The van der Waals surface area contributed by atoms with Gasteiger partial charge in [0.25, 0.3) is 0 Å². The fourth-order valence-electron chi connectivity index (χ4n) is 2.11. The third-order valence-electron chi connectivity index (χ3n) is 3.37. The Hall–Kier alpha value is -2.40. The van der Waals surface area contributed by atoms with E-state index >= 15 is 0 Å². The van der Waals surface area contributed by atoms with E-state index in [0.29, 0.717) is 0 Å². The highest BCUT2D eigenvalue weighted by molar-refractivity contribution is 5.58. The zero-order valence-electron chi connectivity index (χ0n) is 11.3. The SMILES string of the molecule is CC(NCc1ccc(-c2ccn[nH]2)cc1)c1ccn[nH]1. The summed E-state index contributed by atoms with van der Waals surface area (Å²) in [4.78, 5) is 0. The van der Waals surface area contributed by atoms with E-state index in [4.69, 9.17) is 0 Å². The number of rotatable bonds is 5. The molecule has 3 aromatic rings. The van der Waals surface area contributed by atoms with E-state index in [1.54, 1.807) is 12.4 Å². The van der Waals surface area contributed by atoms with Gasteiger partial charge in [0.2, 0.25) is 0 Å². The summed E-state index contributed by atoms with van der Waals surface area (Å²) in [6.07, 6.45) is 3.53. The molecule has 3 N–H and O–H groups in total. The predicted octanol–water partition coefficient (Wildman–Crippen LogP) is 2.65. The van der Waals surface area contributed by atoms with E-state index < -0.39 is 0 Å². The van der Waals surface area contributed by atoms with Crippen molar-refractivity contribution >= 4 is 0 Å². The van der Waals surface area contributed by atoms with Crippen molar-refractivity contribution in [1.29, 1.82) is 0 Å². The van der Waals surface area contributed by atoms with Gasteiger partial charge in [-0.2, -0.15) is 10.2 Å². The van der Waals surface area contributed by atoms with Crippen molar-refractivity contribution in [2.24, 2.45) is 0 Å². The Bertz CT molecular complexity index is 625. The molecule has 0 amide bonds. The summed E-state index contributed by atoms with van der Waals surface area (Å²) in [7, 11) is 0. The lowest BCUT2D eigenvalue weighted by Gasteiger charge is -2.12. The molecule has 5 heteroatoms. The number of hydrogen-bond donors (Lipinski definition) is 3. The van der Waals surface area contributed by atoms with Crippen LogP contribution in [0.3, 0.4) is 0 Å². The molecule has 1 unspecified atom stereocenters. The smallest absolute Gasteiger partial charge is 0.0650 e. The normalized spacial score (nSPS) is 12.4. The van der Waals surface area contributed by atoms with Crippen LogP contribution >= 0.6 is 0 Å². The molecule has 0 spiro atoms. The topological polar surface area (TPSA) is 69.4 Å². The molecule has 3 rings (SSSR count). The van der Waals surface area contributed by atoms with Crippen LogP contribution in [0.25, 0.3) is 11.3 Å². The molecule has 2 aromatic heterocycles. The quantitative estimate of drug-likeness (QED) is 0.665. The second-order valence-corrected chi connectivity index (χ2v) is 4.78. The molecule has 20 heavy (non-hydrogen) atoms. The molecule has 0 aliphatic carbocycles. The van der Waals surface area contributed by atoms with Crippen LogP contribution in [-0.4, -0.2) is 20.4 Å². The van der Waals surface area contributed by atoms with Crippen molar-refractivity contribution in [2.45, 2.75) is 19.5 Å². The van der Waals surface area contributed by atoms with Gasteiger partial charge < -0.3 is 5.32 Å². The molecule has 102 valence electrons. The highest BCUT2D eigenvalue weighted by Gasteiger charge is 2.06. The molecule has 0 fully saturated rings. The second-order valence-electron chi connectivity index (χ2n) is 4.78. The fraction of sp³-hybridized carbons (Fsp3) is 0.200. The van der Waals surface area contributed by atoms with Crippen LogP contribution in [-0.2, 0) is 6.54 Å². The molecule has 2 heterocycles. The van der Waals surface area contributed by atoms with Crippen molar-refractivity contribution in [3.8, 4) is 11.3 Å². The molecule has 0 bridgehead atoms. The molecule has 0 saturated heterocycles. The minimum Gasteiger partial charge on any atom is -0.305 e. The minimum absolute atomic E-state index is 0.254. The lowest BCUT2D eigenvalue weighted by Crippen LogP contribution is -2.18. The average Bonchev–Trinajstić information content (AvgIpc) is 3.18. The first kappa shape index (κ1) is 12.6. The largest absolute Gasteiger partial charge is 0.305 e. The summed E-state index contributed by atoms with van der Waals surface area (Å²) in [5.74, 6) is 0. The molecular formula is C15H17N5. The van der Waals surface area contributed by atoms with Gasteiger partial charge in [-0.05, 0) is 30.2 Å². The van der Waals surface area contributed by atoms with Gasteiger partial charge >= 0.3 is 0 Å². The van der Waals surface area contributed by atoms with Gasteiger partial charge in [-0.25, -0.2) is 0 Å². The standard InChI is InChI=1S/C15H17N5/c1-11(14-6-8-17-19-14)16-10-12-2-4-13(5-3-12)15-7-9-18-20-15/h2-9,11,16H,10H2,1H3,(H,17,19)(H,18,20). The van der Waals surface area contributed by atoms with Gasteiger partial charge in [-0.15, -0.1) is 0 Å². The Kier molecular flexibility index (Phi) is 3.60. The Morgan fingerprint density at radius 3 is 2.40 bits per heavy atom. The molecular weight excluding hydrogens is 250 g/mol. The first-order chi connectivity index (χ1) is 9.83. The van der Waals surface area contributed by atoms with Crippen LogP contribution < -0.4 is 5.32 Å². The van der Waals surface area contributed by atoms with Gasteiger partial charge in [0.05, 0.1) is 11.4 Å². The monoisotopic (exact) mass is 267 g/mol. The average molecular weight is 267 g/mol. The van der Waals surface area contributed by atoms with Gasteiger partial charge in [-0.1, -0.05) is 24.3 Å². The van der Waals surface area contributed by atoms with E-state index in [0.717, 1.165) is 23.5 Å². The Labute approximate surface area is 117 Å². The number of hydrogen-bond acceptors (Lipinski definition) is 3. The number of nitrogens with zero attached hydrogens (tertiary/aromatic N) is 2. The van der Waals surface area contributed by atoms with Crippen LogP contribution in [0.2, 0.25) is 0 Å². The Morgan fingerprint density at radius 1 is 1.00 bits per heavy atom. The third-order valence-corrected chi connectivity index (χ3v) is 3.37. The molecule has 1 atom stereocenters. The van der Waals surface area contributed by atoms with Crippen molar-refractivity contribution in [1.82, 2.24) is 25.7 Å². The summed E-state index contributed by atoms with van der Waals surface area (Å²) in [5.41, 5.74) is 4.53. The minimum atomic E-state index is 0.254. The fourth-order valence-corrected chi connectivity index (χ4v) is 2.11. The maximum Gasteiger partial charge on any atom is 0.0650 e. The Morgan fingerprint density at radius 2 is 1.75 bits per heavy atom. The predicted molar refractivity (Wildman–Crippen MR) is 77.9 cm³/mol. The Balaban J connectivity index is 1.61. The van der Waals surface area contributed by atoms with E-state index in [9.17, 15) is 0 Å². The van der Waals surface area contributed by atoms with Crippen molar-refractivity contribution < 1.29 is 0 Å². The van der Waals surface area contributed by atoms with E-state index in [1.807, 2.05) is 12.1 Å². The maximum absolute atomic E-state index is 3.96. The van der Waals surface area contributed by atoms with Crippen LogP contribution in [0, 0.1) is 0 Å². The van der Waals surface area contributed by atoms with Crippen LogP contribution in [0.4, 0.5) is 0 Å². The lowest BCUT2D eigenvalue weighted by molar-refractivity contribution is 0.560. The van der Waals surface area contributed by atoms with Gasteiger partial charge in [-0.3, -0.25) is 10.2 Å². The molecule has 0 aliphatic heterocycles. The summed E-state index contributed by atoms with van der Waals surface area (Å²) < 4.78 is 0. The number of benzene rings is 1. The summed E-state index contributed by atoms with van der Waals surface area (Å²) in [5, 5.41) is 17.3. The van der Waals surface area contributed by atoms with Gasteiger partial charge in [0.1, 0.15) is 0 Å².